The third-order valence-corrected chi connectivity index (χ3v) is 7.22. The van der Waals surface area contributed by atoms with E-state index in [1.807, 2.05) is 4.90 Å². The highest BCUT2D eigenvalue weighted by Gasteiger charge is 2.33. The molecule has 1 unspecified atom stereocenters. The zero-order valence-corrected chi connectivity index (χ0v) is 19.2. The van der Waals surface area contributed by atoms with Crippen molar-refractivity contribution in [3.05, 3.63) is 46.9 Å². The Hall–Kier alpha value is -1.64. The van der Waals surface area contributed by atoms with E-state index in [1.165, 1.54) is 30.7 Å². The molecule has 1 aromatic heterocycles. The molecular formula is C22H26ClF3N4S. The first-order chi connectivity index (χ1) is 14.7. The van der Waals surface area contributed by atoms with E-state index in [9.17, 15) is 13.2 Å². The fourth-order valence-corrected chi connectivity index (χ4v) is 5.40. The van der Waals surface area contributed by atoms with Crippen LogP contribution < -0.4 is 9.62 Å². The van der Waals surface area contributed by atoms with Crippen molar-refractivity contribution in [3.63, 3.8) is 0 Å². The monoisotopic (exact) mass is 470 g/mol. The molecule has 2 saturated heterocycles. The van der Waals surface area contributed by atoms with Gasteiger partial charge in [-0.1, -0.05) is 31.5 Å². The largest absolute Gasteiger partial charge is 0.370 e. The number of rotatable bonds is 6. The molecule has 0 spiro atoms. The molecule has 0 aliphatic carbocycles. The van der Waals surface area contributed by atoms with Gasteiger partial charge in [-0.3, -0.25) is 0 Å². The van der Waals surface area contributed by atoms with Crippen LogP contribution in [0.2, 0.25) is 5.02 Å². The molecule has 0 bridgehead atoms. The Kier molecular flexibility index (Phi) is 6.60. The zero-order valence-electron chi connectivity index (χ0n) is 17.6. The van der Waals surface area contributed by atoms with Crippen LogP contribution in [0, 0.1) is 28.9 Å². The molecule has 4 rings (SSSR count). The van der Waals surface area contributed by atoms with Crippen LogP contribution in [0.3, 0.4) is 0 Å². The molecule has 1 N–H and O–H groups in total. The highest BCUT2D eigenvalue weighted by molar-refractivity contribution is 8.00. The average molecular weight is 471 g/mol. The highest BCUT2D eigenvalue weighted by atomic mass is 35.5. The number of hydrogen-bond donors (Lipinski definition) is 1. The van der Waals surface area contributed by atoms with Crippen molar-refractivity contribution in [1.82, 2.24) is 9.88 Å². The molecule has 168 valence electrons. The van der Waals surface area contributed by atoms with Crippen molar-refractivity contribution in [2.45, 2.75) is 31.6 Å². The summed E-state index contributed by atoms with van der Waals surface area (Å²) in [7, 11) is 0. The van der Waals surface area contributed by atoms with E-state index < -0.39 is 17.6 Å². The van der Waals surface area contributed by atoms with Crippen LogP contribution in [-0.4, -0.2) is 42.6 Å². The van der Waals surface area contributed by atoms with E-state index in [1.54, 1.807) is 0 Å². The number of benzene rings is 1. The highest BCUT2D eigenvalue weighted by Crippen LogP contribution is 2.39. The van der Waals surface area contributed by atoms with Crippen LogP contribution in [0.25, 0.3) is 0 Å². The van der Waals surface area contributed by atoms with E-state index in [4.69, 9.17) is 11.6 Å². The summed E-state index contributed by atoms with van der Waals surface area (Å²) in [5.74, 6) is -1.60. The van der Waals surface area contributed by atoms with Crippen LogP contribution in [0.1, 0.15) is 26.7 Å². The Bertz CT molecular complexity index is 959. The normalized spacial score (nSPS) is 21.1. The second-order valence-electron chi connectivity index (χ2n) is 9.13. The van der Waals surface area contributed by atoms with Gasteiger partial charge in [-0.25, -0.2) is 13.8 Å². The second kappa shape index (κ2) is 9.08. The molecule has 2 aromatic rings. The van der Waals surface area contributed by atoms with Gasteiger partial charge in [-0.2, -0.15) is 4.39 Å². The summed E-state index contributed by atoms with van der Waals surface area (Å²) in [6.45, 7) is 9.22. The predicted molar refractivity (Wildman–Crippen MR) is 120 cm³/mol. The number of halogens is 4. The summed E-state index contributed by atoms with van der Waals surface area (Å²) in [6, 6.07) is 5.45. The first-order valence-corrected chi connectivity index (χ1v) is 11.6. The third kappa shape index (κ3) is 5.23. The van der Waals surface area contributed by atoms with Crippen molar-refractivity contribution >= 4 is 35.1 Å². The van der Waals surface area contributed by atoms with Crippen molar-refractivity contribution in [3.8, 4) is 0 Å². The summed E-state index contributed by atoms with van der Waals surface area (Å²) in [5.41, 5.74) is 0.741. The fourth-order valence-electron chi connectivity index (χ4n) is 4.40. The van der Waals surface area contributed by atoms with Crippen molar-refractivity contribution in [2.24, 2.45) is 11.3 Å². The van der Waals surface area contributed by atoms with Gasteiger partial charge in [0.05, 0.1) is 5.69 Å². The van der Waals surface area contributed by atoms with Gasteiger partial charge in [0.1, 0.15) is 21.6 Å². The Labute approximate surface area is 190 Å². The lowest BCUT2D eigenvalue weighted by molar-refractivity contribution is 0.257. The number of anilines is 2. The zero-order chi connectivity index (χ0) is 22.2. The van der Waals surface area contributed by atoms with E-state index in [-0.39, 0.29) is 15.7 Å². The lowest BCUT2D eigenvalue weighted by Crippen LogP contribution is -2.31. The molecule has 0 radical (unpaired) electrons. The summed E-state index contributed by atoms with van der Waals surface area (Å²) >= 11 is 6.99. The summed E-state index contributed by atoms with van der Waals surface area (Å²) in [6.07, 6.45) is 2.17. The number of pyridine rings is 1. The molecule has 3 heterocycles. The summed E-state index contributed by atoms with van der Waals surface area (Å²) in [4.78, 5) is 7.81. The molecule has 2 aliphatic rings. The maximum atomic E-state index is 14.9. The van der Waals surface area contributed by atoms with Crippen LogP contribution >= 0.6 is 23.5 Å². The average Bonchev–Trinajstić information content (AvgIpc) is 3.30. The molecule has 0 saturated carbocycles. The van der Waals surface area contributed by atoms with E-state index >= 15 is 0 Å². The molecule has 2 fully saturated rings. The minimum absolute atomic E-state index is 0.0964. The molecule has 9 heteroatoms. The van der Waals surface area contributed by atoms with Gasteiger partial charge in [0, 0.05) is 32.2 Å². The van der Waals surface area contributed by atoms with Gasteiger partial charge in [0.15, 0.2) is 5.82 Å². The third-order valence-electron chi connectivity index (χ3n) is 5.97. The Morgan fingerprint density at radius 1 is 1.26 bits per heavy atom. The number of nitrogens with one attached hydrogen (secondary N) is 1. The van der Waals surface area contributed by atoms with Crippen LogP contribution in [-0.2, 0) is 0 Å². The van der Waals surface area contributed by atoms with Crippen LogP contribution in [0.5, 0.6) is 0 Å². The van der Waals surface area contributed by atoms with Crippen LogP contribution in [0.4, 0.5) is 24.7 Å². The van der Waals surface area contributed by atoms with Crippen molar-refractivity contribution in [1.29, 1.82) is 0 Å². The lowest BCUT2D eigenvalue weighted by atomic mass is 9.93. The number of nitrogens with zero attached hydrogens (tertiary/aromatic N) is 3. The van der Waals surface area contributed by atoms with Gasteiger partial charge >= 0.3 is 0 Å². The summed E-state index contributed by atoms with van der Waals surface area (Å²) in [5, 5.41) is -0.0964. The van der Waals surface area contributed by atoms with Crippen molar-refractivity contribution in [2.75, 3.05) is 42.3 Å². The van der Waals surface area contributed by atoms with Crippen molar-refractivity contribution < 1.29 is 13.2 Å². The van der Waals surface area contributed by atoms with Gasteiger partial charge in [0.25, 0.3) is 0 Å². The van der Waals surface area contributed by atoms with Gasteiger partial charge < -0.3 is 14.5 Å². The Morgan fingerprint density at radius 2 is 2.06 bits per heavy atom. The molecule has 0 amide bonds. The predicted octanol–water partition coefficient (Wildman–Crippen LogP) is 5.83. The lowest BCUT2D eigenvalue weighted by Gasteiger charge is -2.24. The Morgan fingerprint density at radius 3 is 2.77 bits per heavy atom. The van der Waals surface area contributed by atoms with Crippen LogP contribution in [0.15, 0.2) is 29.2 Å². The van der Waals surface area contributed by atoms with E-state index in [0.717, 1.165) is 39.1 Å². The molecular weight excluding hydrogens is 445 g/mol. The smallest absolute Gasteiger partial charge is 0.214 e. The number of hydrogen-bond acceptors (Lipinski definition) is 5. The maximum absolute atomic E-state index is 14.9. The van der Waals surface area contributed by atoms with Gasteiger partial charge in [-0.15, -0.1) is 0 Å². The quantitative estimate of drug-likeness (QED) is 0.326. The molecule has 31 heavy (non-hydrogen) atoms. The first-order valence-electron chi connectivity index (χ1n) is 10.4. The fraction of sp³-hybridized carbons (Fsp3) is 0.500. The first kappa shape index (κ1) is 22.6. The Balaban J connectivity index is 1.42. The molecule has 4 nitrogen and oxygen atoms in total. The SMILES string of the molecule is CC1(C)CCN(CC2CCN(c3cc(F)c(SNc4cccc(F)n4)c(F)c3Cl)C2)C1. The topological polar surface area (TPSA) is 31.4 Å². The number of likely N-dealkylation sites (tertiary alicyclic amines) is 1. The second-order valence-corrected chi connectivity index (χ2v) is 10.3. The van der Waals surface area contributed by atoms with E-state index in [2.05, 4.69) is 28.5 Å². The van der Waals surface area contributed by atoms with Gasteiger partial charge in [0.2, 0.25) is 5.95 Å². The minimum atomic E-state index is -0.824. The molecule has 2 aliphatic heterocycles. The van der Waals surface area contributed by atoms with E-state index in [0.29, 0.717) is 29.0 Å². The molecule has 1 atom stereocenters. The van der Waals surface area contributed by atoms with Gasteiger partial charge in [-0.05, 0) is 54.8 Å². The molecule has 1 aromatic carbocycles. The standard InChI is InChI=1S/C22H26ClF3N4S/c1-22(2)7-9-29(13-22)11-14-6-8-30(12-14)16-10-15(24)21(20(26)19(16)23)31-28-18-5-3-4-17(25)27-18/h3-5,10,14H,6-9,11-13H2,1-2H3,(H,27,28). The number of aromatic nitrogens is 1. The summed E-state index contributed by atoms with van der Waals surface area (Å²) < 4.78 is 45.5. The maximum Gasteiger partial charge on any atom is 0.214 e. The minimum Gasteiger partial charge on any atom is -0.370 e.